The first-order valence-corrected chi connectivity index (χ1v) is 6.59. The van der Waals surface area contributed by atoms with E-state index in [1.54, 1.807) is 0 Å². The van der Waals surface area contributed by atoms with Crippen LogP contribution in [0.2, 0.25) is 5.02 Å². The van der Waals surface area contributed by atoms with Crippen LogP contribution in [0.5, 0.6) is 0 Å². The lowest BCUT2D eigenvalue weighted by atomic mass is 10.0. The van der Waals surface area contributed by atoms with Crippen LogP contribution in [0.1, 0.15) is 25.3 Å². The molecule has 0 amide bonds. The van der Waals surface area contributed by atoms with Crippen molar-refractivity contribution in [3.8, 4) is 11.8 Å². The Balaban J connectivity index is 1.92. The average molecular weight is 248 g/mol. The first-order valence-electron chi connectivity index (χ1n) is 6.21. The van der Waals surface area contributed by atoms with Gasteiger partial charge in [-0.25, -0.2) is 0 Å². The fraction of sp³-hybridized carbons (Fsp3) is 0.467. The molecule has 0 spiro atoms. The summed E-state index contributed by atoms with van der Waals surface area (Å²) in [5.74, 6) is 7.19. The normalized spacial score (nSPS) is 20.7. The molecule has 0 saturated carbocycles. The SMILES string of the molecule is CC1CCCN(CC#Cc2ccccc2Cl)C1. The second-order valence-corrected chi connectivity index (χ2v) is 5.17. The predicted octanol–water partition coefficient (Wildman–Crippen LogP) is 3.42. The molecule has 1 fully saturated rings. The number of rotatable bonds is 1. The molecule has 1 aromatic rings. The highest BCUT2D eigenvalue weighted by molar-refractivity contribution is 6.31. The van der Waals surface area contributed by atoms with Crippen LogP contribution < -0.4 is 0 Å². The molecule has 1 aliphatic heterocycles. The van der Waals surface area contributed by atoms with Gasteiger partial charge in [0, 0.05) is 12.1 Å². The summed E-state index contributed by atoms with van der Waals surface area (Å²) in [4.78, 5) is 2.43. The van der Waals surface area contributed by atoms with Crippen LogP contribution in [-0.4, -0.2) is 24.5 Å². The first kappa shape index (κ1) is 12.5. The van der Waals surface area contributed by atoms with Gasteiger partial charge in [0.15, 0.2) is 0 Å². The summed E-state index contributed by atoms with van der Waals surface area (Å²) < 4.78 is 0. The fourth-order valence-electron chi connectivity index (χ4n) is 2.24. The maximum absolute atomic E-state index is 6.05. The standard InChI is InChI=1S/C15H18ClN/c1-13-6-4-10-17(12-13)11-5-8-14-7-2-3-9-15(14)16/h2-3,7,9,13H,4,6,10-12H2,1H3. The van der Waals surface area contributed by atoms with E-state index in [4.69, 9.17) is 11.6 Å². The minimum atomic E-state index is 0.743. The Kier molecular flexibility index (Phi) is 4.48. The molecule has 1 aliphatic rings. The van der Waals surface area contributed by atoms with Crippen molar-refractivity contribution in [1.82, 2.24) is 4.90 Å². The number of piperidine rings is 1. The van der Waals surface area contributed by atoms with Crippen LogP contribution in [0.25, 0.3) is 0 Å². The highest BCUT2D eigenvalue weighted by atomic mass is 35.5. The van der Waals surface area contributed by atoms with E-state index in [9.17, 15) is 0 Å². The Morgan fingerprint density at radius 3 is 3.00 bits per heavy atom. The van der Waals surface area contributed by atoms with E-state index in [0.717, 1.165) is 23.0 Å². The van der Waals surface area contributed by atoms with E-state index >= 15 is 0 Å². The van der Waals surface area contributed by atoms with Crippen molar-refractivity contribution in [3.05, 3.63) is 34.9 Å². The van der Waals surface area contributed by atoms with Crippen LogP contribution in [0.4, 0.5) is 0 Å². The first-order chi connectivity index (χ1) is 8.25. The third-order valence-electron chi connectivity index (χ3n) is 3.14. The molecule has 0 aliphatic carbocycles. The lowest BCUT2D eigenvalue weighted by Gasteiger charge is -2.28. The third-order valence-corrected chi connectivity index (χ3v) is 3.47. The molecule has 17 heavy (non-hydrogen) atoms. The third kappa shape index (κ3) is 3.77. The molecule has 1 heterocycles. The van der Waals surface area contributed by atoms with Gasteiger partial charge in [-0.15, -0.1) is 0 Å². The lowest BCUT2D eigenvalue weighted by Crippen LogP contribution is -2.34. The van der Waals surface area contributed by atoms with Crippen molar-refractivity contribution in [2.24, 2.45) is 5.92 Å². The van der Waals surface area contributed by atoms with E-state index in [1.807, 2.05) is 24.3 Å². The number of likely N-dealkylation sites (tertiary alicyclic amines) is 1. The van der Waals surface area contributed by atoms with E-state index in [1.165, 1.54) is 25.9 Å². The number of benzene rings is 1. The molecular weight excluding hydrogens is 230 g/mol. The van der Waals surface area contributed by atoms with Crippen molar-refractivity contribution >= 4 is 11.6 Å². The van der Waals surface area contributed by atoms with E-state index in [2.05, 4.69) is 23.7 Å². The summed E-state index contributed by atoms with van der Waals surface area (Å²) in [6.07, 6.45) is 2.66. The Hall–Kier alpha value is -0.970. The molecule has 1 saturated heterocycles. The molecule has 0 bridgehead atoms. The summed E-state index contributed by atoms with van der Waals surface area (Å²) in [6.45, 7) is 5.53. The van der Waals surface area contributed by atoms with Gasteiger partial charge in [-0.1, -0.05) is 42.5 Å². The van der Waals surface area contributed by atoms with Gasteiger partial charge >= 0.3 is 0 Å². The van der Waals surface area contributed by atoms with Gasteiger partial charge in [0.2, 0.25) is 0 Å². The molecule has 1 atom stereocenters. The number of nitrogens with zero attached hydrogens (tertiary/aromatic N) is 1. The molecule has 0 N–H and O–H groups in total. The molecule has 0 radical (unpaired) electrons. The van der Waals surface area contributed by atoms with Gasteiger partial charge < -0.3 is 0 Å². The second-order valence-electron chi connectivity index (χ2n) is 4.76. The zero-order valence-electron chi connectivity index (χ0n) is 10.2. The van der Waals surface area contributed by atoms with Gasteiger partial charge in [0.1, 0.15) is 0 Å². The second kappa shape index (κ2) is 6.10. The topological polar surface area (TPSA) is 3.24 Å². The summed E-state index contributed by atoms with van der Waals surface area (Å²) in [6, 6.07) is 7.75. The van der Waals surface area contributed by atoms with Crippen LogP contribution in [0.15, 0.2) is 24.3 Å². The van der Waals surface area contributed by atoms with Gasteiger partial charge in [-0.05, 0) is 37.4 Å². The Morgan fingerprint density at radius 1 is 1.41 bits per heavy atom. The summed E-state index contributed by atoms with van der Waals surface area (Å²) in [5, 5.41) is 0.743. The minimum Gasteiger partial charge on any atom is -0.292 e. The monoisotopic (exact) mass is 247 g/mol. The van der Waals surface area contributed by atoms with Crippen molar-refractivity contribution in [1.29, 1.82) is 0 Å². The minimum absolute atomic E-state index is 0.743. The highest BCUT2D eigenvalue weighted by Crippen LogP contribution is 2.15. The Morgan fingerprint density at radius 2 is 2.24 bits per heavy atom. The Bertz CT molecular complexity index is 430. The lowest BCUT2D eigenvalue weighted by molar-refractivity contribution is 0.204. The van der Waals surface area contributed by atoms with E-state index in [-0.39, 0.29) is 0 Å². The fourth-order valence-corrected chi connectivity index (χ4v) is 2.42. The van der Waals surface area contributed by atoms with Crippen molar-refractivity contribution in [3.63, 3.8) is 0 Å². The van der Waals surface area contributed by atoms with Crippen LogP contribution in [0, 0.1) is 17.8 Å². The van der Waals surface area contributed by atoms with E-state index in [0.29, 0.717) is 0 Å². The van der Waals surface area contributed by atoms with Crippen molar-refractivity contribution < 1.29 is 0 Å². The molecule has 2 rings (SSSR count). The highest BCUT2D eigenvalue weighted by Gasteiger charge is 2.14. The maximum Gasteiger partial charge on any atom is 0.0605 e. The maximum atomic E-state index is 6.05. The largest absolute Gasteiger partial charge is 0.292 e. The van der Waals surface area contributed by atoms with Gasteiger partial charge in [0.25, 0.3) is 0 Å². The average Bonchev–Trinajstić information content (AvgIpc) is 2.32. The predicted molar refractivity (Wildman–Crippen MR) is 73.2 cm³/mol. The molecule has 1 unspecified atom stereocenters. The van der Waals surface area contributed by atoms with Crippen LogP contribution >= 0.6 is 11.6 Å². The molecule has 1 nitrogen and oxygen atoms in total. The van der Waals surface area contributed by atoms with Gasteiger partial charge in [-0.2, -0.15) is 0 Å². The van der Waals surface area contributed by atoms with E-state index < -0.39 is 0 Å². The van der Waals surface area contributed by atoms with Crippen molar-refractivity contribution in [2.75, 3.05) is 19.6 Å². The molecular formula is C15H18ClN. The van der Waals surface area contributed by atoms with Gasteiger partial charge in [0.05, 0.1) is 11.6 Å². The zero-order chi connectivity index (χ0) is 12.1. The van der Waals surface area contributed by atoms with Crippen LogP contribution in [-0.2, 0) is 0 Å². The molecule has 1 aromatic carbocycles. The van der Waals surface area contributed by atoms with Crippen LogP contribution in [0.3, 0.4) is 0 Å². The zero-order valence-corrected chi connectivity index (χ0v) is 11.0. The number of hydrogen-bond donors (Lipinski definition) is 0. The summed E-state index contributed by atoms with van der Waals surface area (Å²) in [7, 11) is 0. The molecule has 2 heteroatoms. The molecule has 90 valence electrons. The number of hydrogen-bond acceptors (Lipinski definition) is 1. The quantitative estimate of drug-likeness (QED) is 0.688. The Labute approximate surface area is 109 Å². The van der Waals surface area contributed by atoms with Crippen molar-refractivity contribution in [2.45, 2.75) is 19.8 Å². The molecule has 0 aromatic heterocycles. The smallest absolute Gasteiger partial charge is 0.0605 e. The summed E-state index contributed by atoms with van der Waals surface area (Å²) >= 11 is 6.05. The summed E-state index contributed by atoms with van der Waals surface area (Å²) in [5.41, 5.74) is 0.930. The number of halogens is 1. The van der Waals surface area contributed by atoms with Gasteiger partial charge in [-0.3, -0.25) is 4.90 Å².